The molecular weight excluding hydrogens is 248 g/mol. The van der Waals surface area contributed by atoms with Gasteiger partial charge in [0.2, 0.25) is 0 Å². The molecule has 1 fully saturated rings. The summed E-state index contributed by atoms with van der Waals surface area (Å²) >= 11 is 0. The Morgan fingerprint density at radius 1 is 1.37 bits per heavy atom. The quantitative estimate of drug-likeness (QED) is 0.910. The van der Waals surface area contributed by atoms with Crippen molar-refractivity contribution in [3.05, 3.63) is 35.4 Å². The van der Waals surface area contributed by atoms with E-state index in [-0.39, 0.29) is 0 Å². The average molecular weight is 269 g/mol. The predicted octanol–water partition coefficient (Wildman–Crippen LogP) is 3.56. The fourth-order valence-corrected chi connectivity index (χ4v) is 3.15. The SMILES string of the molecule is COC1(C(N)c2ccc(F)c(F)c2)CCCC(C)C1. The Kier molecular flexibility index (Phi) is 4.21. The Morgan fingerprint density at radius 3 is 2.68 bits per heavy atom. The van der Waals surface area contributed by atoms with Crippen LogP contribution in [0.4, 0.5) is 8.78 Å². The summed E-state index contributed by atoms with van der Waals surface area (Å²) in [5.74, 6) is -1.17. The van der Waals surface area contributed by atoms with Gasteiger partial charge in [-0.1, -0.05) is 25.8 Å². The highest BCUT2D eigenvalue weighted by molar-refractivity contribution is 5.24. The smallest absolute Gasteiger partial charge is 0.159 e. The molecule has 3 unspecified atom stereocenters. The van der Waals surface area contributed by atoms with Gasteiger partial charge in [0.15, 0.2) is 11.6 Å². The second-order valence-corrected chi connectivity index (χ2v) is 5.62. The van der Waals surface area contributed by atoms with Gasteiger partial charge in [0, 0.05) is 7.11 Å². The van der Waals surface area contributed by atoms with Crippen LogP contribution < -0.4 is 5.73 Å². The van der Waals surface area contributed by atoms with Crippen molar-refractivity contribution < 1.29 is 13.5 Å². The second-order valence-electron chi connectivity index (χ2n) is 5.62. The Hall–Kier alpha value is -1.00. The minimum Gasteiger partial charge on any atom is -0.376 e. The van der Waals surface area contributed by atoms with Crippen LogP contribution in [0.15, 0.2) is 18.2 Å². The van der Waals surface area contributed by atoms with Gasteiger partial charge in [0.05, 0.1) is 11.6 Å². The molecule has 0 saturated heterocycles. The predicted molar refractivity (Wildman–Crippen MR) is 70.7 cm³/mol. The molecule has 2 rings (SSSR count). The van der Waals surface area contributed by atoms with E-state index in [1.807, 2.05) is 0 Å². The van der Waals surface area contributed by atoms with Crippen LogP contribution in [0.25, 0.3) is 0 Å². The minimum atomic E-state index is -0.858. The number of benzene rings is 1. The summed E-state index contributed by atoms with van der Waals surface area (Å²) in [6.07, 6.45) is 3.92. The number of rotatable bonds is 3. The standard InChI is InChI=1S/C15H21F2NO/c1-10-4-3-7-15(9-10,19-2)14(18)11-5-6-12(16)13(17)8-11/h5-6,8,10,14H,3-4,7,9,18H2,1-2H3. The molecule has 0 radical (unpaired) electrons. The van der Waals surface area contributed by atoms with Gasteiger partial charge in [-0.05, 0) is 36.5 Å². The summed E-state index contributed by atoms with van der Waals surface area (Å²) in [6, 6.07) is 3.42. The summed E-state index contributed by atoms with van der Waals surface area (Å²) in [7, 11) is 1.65. The molecule has 1 aliphatic rings. The maximum atomic E-state index is 13.3. The molecule has 3 atom stereocenters. The van der Waals surface area contributed by atoms with Crippen LogP contribution in [0, 0.1) is 17.6 Å². The Morgan fingerprint density at radius 2 is 2.11 bits per heavy atom. The van der Waals surface area contributed by atoms with Crippen molar-refractivity contribution in [3.8, 4) is 0 Å². The molecule has 0 spiro atoms. The van der Waals surface area contributed by atoms with Crippen LogP contribution in [0.1, 0.15) is 44.2 Å². The second kappa shape index (κ2) is 5.55. The molecule has 19 heavy (non-hydrogen) atoms. The lowest BCUT2D eigenvalue weighted by atomic mass is 9.73. The third kappa shape index (κ3) is 2.79. The molecule has 106 valence electrons. The van der Waals surface area contributed by atoms with Crippen molar-refractivity contribution in [2.45, 2.75) is 44.2 Å². The summed E-state index contributed by atoms with van der Waals surface area (Å²) in [5.41, 5.74) is 6.40. The summed E-state index contributed by atoms with van der Waals surface area (Å²) in [6.45, 7) is 2.17. The zero-order chi connectivity index (χ0) is 14.0. The van der Waals surface area contributed by atoms with Crippen LogP contribution >= 0.6 is 0 Å². The largest absolute Gasteiger partial charge is 0.376 e. The van der Waals surface area contributed by atoms with Gasteiger partial charge in [-0.3, -0.25) is 0 Å². The van der Waals surface area contributed by atoms with Crippen LogP contribution in [0.5, 0.6) is 0 Å². The number of hydrogen-bond donors (Lipinski definition) is 1. The summed E-state index contributed by atoms with van der Waals surface area (Å²) < 4.78 is 32.0. The molecule has 1 aliphatic carbocycles. The third-order valence-corrected chi connectivity index (χ3v) is 4.27. The highest BCUT2D eigenvalue weighted by atomic mass is 19.2. The van der Waals surface area contributed by atoms with Gasteiger partial charge in [-0.25, -0.2) is 8.78 Å². The maximum Gasteiger partial charge on any atom is 0.159 e. The average Bonchev–Trinajstić information content (AvgIpc) is 2.41. The van der Waals surface area contributed by atoms with Crippen molar-refractivity contribution >= 4 is 0 Å². The molecule has 0 bridgehead atoms. The van der Waals surface area contributed by atoms with Gasteiger partial charge in [-0.15, -0.1) is 0 Å². The van der Waals surface area contributed by atoms with E-state index >= 15 is 0 Å². The van der Waals surface area contributed by atoms with E-state index in [0.29, 0.717) is 11.5 Å². The fourth-order valence-electron chi connectivity index (χ4n) is 3.15. The van der Waals surface area contributed by atoms with E-state index < -0.39 is 23.3 Å². The Bertz CT molecular complexity index is 452. The summed E-state index contributed by atoms with van der Waals surface area (Å²) in [5, 5.41) is 0. The van der Waals surface area contributed by atoms with Crippen LogP contribution in [0.3, 0.4) is 0 Å². The molecule has 4 heteroatoms. The molecule has 0 heterocycles. The van der Waals surface area contributed by atoms with Crippen molar-refractivity contribution in [1.82, 2.24) is 0 Å². The first kappa shape index (κ1) is 14.4. The zero-order valence-electron chi connectivity index (χ0n) is 11.5. The van der Waals surface area contributed by atoms with Gasteiger partial charge in [0.25, 0.3) is 0 Å². The van der Waals surface area contributed by atoms with Crippen molar-refractivity contribution in [2.75, 3.05) is 7.11 Å². The minimum absolute atomic E-state index is 0.435. The normalized spacial score (nSPS) is 29.2. The molecular formula is C15H21F2NO. The first-order chi connectivity index (χ1) is 8.98. The van der Waals surface area contributed by atoms with Crippen molar-refractivity contribution in [2.24, 2.45) is 11.7 Å². The monoisotopic (exact) mass is 269 g/mol. The molecule has 0 amide bonds. The number of ether oxygens (including phenoxy) is 1. The van der Waals surface area contributed by atoms with E-state index in [0.717, 1.165) is 31.7 Å². The molecule has 2 N–H and O–H groups in total. The molecule has 1 saturated carbocycles. The van der Waals surface area contributed by atoms with Gasteiger partial charge in [-0.2, -0.15) is 0 Å². The first-order valence-electron chi connectivity index (χ1n) is 6.74. The van der Waals surface area contributed by atoms with E-state index in [9.17, 15) is 8.78 Å². The molecule has 1 aromatic rings. The Balaban J connectivity index is 2.29. The van der Waals surface area contributed by atoms with Gasteiger partial charge < -0.3 is 10.5 Å². The molecule has 0 aromatic heterocycles. The number of methoxy groups -OCH3 is 1. The highest BCUT2D eigenvalue weighted by Crippen LogP contribution is 2.42. The molecule has 0 aliphatic heterocycles. The van der Waals surface area contributed by atoms with Crippen molar-refractivity contribution in [3.63, 3.8) is 0 Å². The van der Waals surface area contributed by atoms with Crippen LogP contribution in [0.2, 0.25) is 0 Å². The lowest BCUT2D eigenvalue weighted by Gasteiger charge is -2.43. The highest BCUT2D eigenvalue weighted by Gasteiger charge is 2.41. The maximum absolute atomic E-state index is 13.3. The number of nitrogens with two attached hydrogens (primary N) is 1. The van der Waals surface area contributed by atoms with E-state index in [1.165, 1.54) is 6.07 Å². The lowest BCUT2D eigenvalue weighted by molar-refractivity contribution is -0.0718. The van der Waals surface area contributed by atoms with Gasteiger partial charge >= 0.3 is 0 Å². The van der Waals surface area contributed by atoms with E-state index in [4.69, 9.17) is 10.5 Å². The zero-order valence-corrected chi connectivity index (χ0v) is 11.5. The summed E-state index contributed by atoms with van der Waals surface area (Å²) in [4.78, 5) is 0. The van der Waals surface area contributed by atoms with Crippen molar-refractivity contribution in [1.29, 1.82) is 0 Å². The Labute approximate surface area is 112 Å². The topological polar surface area (TPSA) is 35.2 Å². The number of halogens is 2. The first-order valence-corrected chi connectivity index (χ1v) is 6.74. The third-order valence-electron chi connectivity index (χ3n) is 4.27. The van der Waals surface area contributed by atoms with Gasteiger partial charge in [0.1, 0.15) is 0 Å². The van der Waals surface area contributed by atoms with Crippen LogP contribution in [-0.4, -0.2) is 12.7 Å². The fraction of sp³-hybridized carbons (Fsp3) is 0.600. The number of hydrogen-bond acceptors (Lipinski definition) is 2. The molecule has 2 nitrogen and oxygen atoms in total. The molecule has 1 aromatic carbocycles. The van der Waals surface area contributed by atoms with E-state index in [2.05, 4.69) is 6.92 Å². The van der Waals surface area contributed by atoms with Crippen LogP contribution in [-0.2, 0) is 4.74 Å². The lowest BCUT2D eigenvalue weighted by Crippen LogP contribution is -2.46. The van der Waals surface area contributed by atoms with E-state index in [1.54, 1.807) is 13.2 Å².